The molecule has 202 valence electrons. The third-order valence-electron chi connectivity index (χ3n) is 5.85. The number of non-ortho nitro benzene ring substituents is 1. The van der Waals surface area contributed by atoms with Crippen molar-refractivity contribution in [3.8, 4) is 11.3 Å². The van der Waals surface area contributed by atoms with Crippen molar-refractivity contribution in [3.05, 3.63) is 81.0 Å². The lowest BCUT2D eigenvalue weighted by Crippen LogP contribution is -2.33. The number of nitrogens with one attached hydrogen (secondary N) is 2. The fraction of sp³-hybridized carbons (Fsp3) is 0.269. The highest BCUT2D eigenvalue weighted by Crippen LogP contribution is 2.28. The van der Waals surface area contributed by atoms with Gasteiger partial charge in [0.2, 0.25) is 5.91 Å². The molecule has 0 bridgehead atoms. The van der Waals surface area contributed by atoms with Gasteiger partial charge in [0.05, 0.1) is 22.4 Å². The van der Waals surface area contributed by atoms with E-state index in [1.54, 1.807) is 41.3 Å². The molecule has 2 heterocycles. The molecule has 4 aromatic rings. The summed E-state index contributed by atoms with van der Waals surface area (Å²) >= 11 is 2.45. The summed E-state index contributed by atoms with van der Waals surface area (Å²) in [5, 5.41) is 28.0. The van der Waals surface area contributed by atoms with Crippen LogP contribution in [0.5, 0.6) is 0 Å². The second kappa shape index (κ2) is 12.2. The standard InChI is InChI=1S/C26H27N7O4S2/c1-15(2)22(29-24(35)17-10-8-16(3)9-11-17)23-30-31-26(32(23)4)39-14-21(34)28-25-27-20(13-38-25)18-6-5-7-19(12-18)33(36)37/h5-13,15,22H,14H2,1-4H3,(H,29,35)(H,27,28,34). The lowest BCUT2D eigenvalue weighted by atomic mass is 10.0. The van der Waals surface area contributed by atoms with E-state index in [4.69, 9.17) is 0 Å². The Morgan fingerprint density at radius 3 is 2.59 bits per heavy atom. The van der Waals surface area contributed by atoms with Crippen LogP contribution in [0.2, 0.25) is 0 Å². The van der Waals surface area contributed by atoms with E-state index in [1.165, 1.54) is 35.2 Å². The number of nitrogens with zero attached hydrogens (tertiary/aromatic N) is 5. The minimum Gasteiger partial charge on any atom is -0.342 e. The number of thioether (sulfide) groups is 1. The predicted octanol–water partition coefficient (Wildman–Crippen LogP) is 5.01. The number of benzene rings is 2. The normalized spacial score (nSPS) is 11.8. The zero-order valence-corrected chi connectivity index (χ0v) is 23.4. The zero-order chi connectivity index (χ0) is 28.1. The molecule has 2 aromatic carbocycles. The Morgan fingerprint density at radius 2 is 1.90 bits per heavy atom. The molecule has 2 N–H and O–H groups in total. The van der Waals surface area contributed by atoms with E-state index in [0.29, 0.717) is 32.9 Å². The summed E-state index contributed by atoms with van der Waals surface area (Å²) in [7, 11) is 1.80. The van der Waals surface area contributed by atoms with Gasteiger partial charge in [-0.15, -0.1) is 21.5 Å². The summed E-state index contributed by atoms with van der Waals surface area (Å²) in [4.78, 5) is 40.4. The summed E-state index contributed by atoms with van der Waals surface area (Å²) in [5.74, 6) is 0.235. The van der Waals surface area contributed by atoms with Gasteiger partial charge in [-0.05, 0) is 25.0 Å². The Balaban J connectivity index is 1.37. The van der Waals surface area contributed by atoms with Gasteiger partial charge in [-0.2, -0.15) is 0 Å². The number of amides is 2. The van der Waals surface area contributed by atoms with Crippen LogP contribution in [-0.4, -0.2) is 42.2 Å². The van der Waals surface area contributed by atoms with Crippen molar-refractivity contribution < 1.29 is 14.5 Å². The third kappa shape index (κ3) is 6.86. The first kappa shape index (κ1) is 27.9. The fourth-order valence-electron chi connectivity index (χ4n) is 3.71. The van der Waals surface area contributed by atoms with E-state index in [0.717, 1.165) is 5.56 Å². The molecule has 0 saturated carbocycles. The van der Waals surface area contributed by atoms with E-state index < -0.39 is 4.92 Å². The molecule has 2 amide bonds. The van der Waals surface area contributed by atoms with E-state index in [9.17, 15) is 19.7 Å². The average Bonchev–Trinajstić information content (AvgIpc) is 3.52. The topological polar surface area (TPSA) is 145 Å². The molecule has 1 unspecified atom stereocenters. The van der Waals surface area contributed by atoms with Gasteiger partial charge in [0, 0.05) is 35.7 Å². The van der Waals surface area contributed by atoms with Crippen molar-refractivity contribution in [2.75, 3.05) is 11.1 Å². The minimum atomic E-state index is -0.463. The van der Waals surface area contributed by atoms with Crippen molar-refractivity contribution in [1.82, 2.24) is 25.1 Å². The number of rotatable bonds is 10. The van der Waals surface area contributed by atoms with Crippen LogP contribution in [0, 0.1) is 23.0 Å². The van der Waals surface area contributed by atoms with Crippen LogP contribution >= 0.6 is 23.1 Å². The molecule has 0 fully saturated rings. The van der Waals surface area contributed by atoms with Crippen molar-refractivity contribution in [2.24, 2.45) is 13.0 Å². The summed E-state index contributed by atoms with van der Waals surface area (Å²) in [6.45, 7) is 5.95. The average molecular weight is 566 g/mol. The van der Waals surface area contributed by atoms with Gasteiger partial charge in [-0.1, -0.05) is 55.4 Å². The Morgan fingerprint density at radius 1 is 1.15 bits per heavy atom. The largest absolute Gasteiger partial charge is 0.342 e. The SMILES string of the molecule is Cc1ccc(C(=O)NC(c2nnc(SCC(=O)Nc3nc(-c4cccc([N+](=O)[O-])c4)cs3)n2C)C(C)C)cc1. The van der Waals surface area contributed by atoms with E-state index in [2.05, 4.69) is 25.8 Å². The summed E-state index contributed by atoms with van der Waals surface area (Å²) in [6, 6.07) is 13.1. The summed E-state index contributed by atoms with van der Waals surface area (Å²) < 4.78 is 1.78. The minimum absolute atomic E-state index is 0.0278. The van der Waals surface area contributed by atoms with Crippen LogP contribution < -0.4 is 10.6 Å². The smallest absolute Gasteiger partial charge is 0.270 e. The molecule has 13 heteroatoms. The number of nitro groups is 1. The van der Waals surface area contributed by atoms with Crippen LogP contribution in [0.15, 0.2) is 59.1 Å². The molecular formula is C26H27N7O4S2. The summed E-state index contributed by atoms with van der Waals surface area (Å²) in [5.41, 5.74) is 2.74. The first-order chi connectivity index (χ1) is 18.6. The van der Waals surface area contributed by atoms with Gasteiger partial charge in [0.25, 0.3) is 11.6 Å². The maximum atomic E-state index is 12.8. The Hall–Kier alpha value is -4.10. The Bertz CT molecular complexity index is 1500. The number of aryl methyl sites for hydroxylation is 1. The Labute approximate surface area is 233 Å². The second-order valence-electron chi connectivity index (χ2n) is 9.14. The monoisotopic (exact) mass is 565 g/mol. The van der Waals surface area contributed by atoms with Gasteiger partial charge >= 0.3 is 0 Å². The number of hydrogen-bond donors (Lipinski definition) is 2. The molecule has 0 aliphatic carbocycles. The maximum absolute atomic E-state index is 12.8. The van der Waals surface area contributed by atoms with Crippen molar-refractivity contribution >= 4 is 45.7 Å². The predicted molar refractivity (Wildman–Crippen MR) is 151 cm³/mol. The first-order valence-electron chi connectivity index (χ1n) is 12.0. The third-order valence-corrected chi connectivity index (χ3v) is 7.63. The molecule has 0 radical (unpaired) electrons. The van der Waals surface area contributed by atoms with Crippen LogP contribution in [0.25, 0.3) is 11.3 Å². The number of hydrogen-bond acceptors (Lipinski definition) is 9. The lowest BCUT2D eigenvalue weighted by molar-refractivity contribution is -0.384. The number of nitro benzene ring substituents is 1. The van der Waals surface area contributed by atoms with Crippen LogP contribution in [-0.2, 0) is 11.8 Å². The van der Waals surface area contributed by atoms with Crippen molar-refractivity contribution in [2.45, 2.75) is 32.0 Å². The van der Waals surface area contributed by atoms with Gasteiger partial charge in [-0.25, -0.2) is 4.98 Å². The maximum Gasteiger partial charge on any atom is 0.270 e. The van der Waals surface area contributed by atoms with Gasteiger partial charge < -0.3 is 15.2 Å². The fourth-order valence-corrected chi connectivity index (χ4v) is 5.16. The van der Waals surface area contributed by atoms with Gasteiger partial charge in [-0.3, -0.25) is 19.7 Å². The van der Waals surface area contributed by atoms with Crippen LogP contribution in [0.4, 0.5) is 10.8 Å². The van der Waals surface area contributed by atoms with E-state index in [-0.39, 0.29) is 35.2 Å². The summed E-state index contributed by atoms with van der Waals surface area (Å²) in [6.07, 6.45) is 0. The molecule has 2 aromatic heterocycles. The molecule has 11 nitrogen and oxygen atoms in total. The number of carbonyl (C=O) groups is 2. The van der Waals surface area contributed by atoms with Crippen LogP contribution in [0.1, 0.15) is 41.6 Å². The van der Waals surface area contributed by atoms with Crippen molar-refractivity contribution in [1.29, 1.82) is 0 Å². The Kier molecular flexibility index (Phi) is 8.72. The van der Waals surface area contributed by atoms with Crippen LogP contribution in [0.3, 0.4) is 0 Å². The molecular weight excluding hydrogens is 538 g/mol. The highest BCUT2D eigenvalue weighted by atomic mass is 32.2. The number of thiazole rings is 1. The molecule has 39 heavy (non-hydrogen) atoms. The van der Waals surface area contributed by atoms with Crippen molar-refractivity contribution in [3.63, 3.8) is 0 Å². The van der Waals surface area contributed by atoms with E-state index >= 15 is 0 Å². The number of anilines is 1. The van der Waals surface area contributed by atoms with E-state index in [1.807, 2.05) is 32.9 Å². The molecule has 0 aliphatic rings. The molecule has 0 spiro atoms. The highest BCUT2D eigenvalue weighted by molar-refractivity contribution is 7.99. The highest BCUT2D eigenvalue weighted by Gasteiger charge is 2.25. The number of aromatic nitrogens is 4. The second-order valence-corrected chi connectivity index (χ2v) is 10.9. The number of carbonyl (C=O) groups excluding carboxylic acids is 2. The van der Waals surface area contributed by atoms with Gasteiger partial charge in [0.15, 0.2) is 16.1 Å². The lowest BCUT2D eigenvalue weighted by Gasteiger charge is -2.21. The molecule has 0 saturated heterocycles. The molecule has 1 atom stereocenters. The first-order valence-corrected chi connectivity index (χ1v) is 13.9. The molecule has 4 rings (SSSR count). The van der Waals surface area contributed by atoms with Gasteiger partial charge in [0.1, 0.15) is 0 Å². The quantitative estimate of drug-likeness (QED) is 0.155. The zero-order valence-electron chi connectivity index (χ0n) is 21.7. The molecule has 0 aliphatic heterocycles.